The molecule has 2 aromatic rings. The Hall–Kier alpha value is -2.80. The summed E-state index contributed by atoms with van der Waals surface area (Å²) in [4.78, 5) is 14.8. The van der Waals surface area contributed by atoms with Gasteiger partial charge in [-0.2, -0.15) is 5.26 Å². The zero-order chi connectivity index (χ0) is 20.5. The predicted molar refractivity (Wildman–Crippen MR) is 115 cm³/mol. The maximum atomic E-state index is 12.8. The monoisotopic (exact) mass is 390 g/mol. The van der Waals surface area contributed by atoms with Crippen LogP contribution < -0.4 is 4.74 Å². The van der Waals surface area contributed by atoms with Gasteiger partial charge in [-0.3, -0.25) is 4.79 Å². The molecule has 0 aliphatic heterocycles. The number of ether oxygens (including phenoxy) is 1. The lowest BCUT2D eigenvalue weighted by Gasteiger charge is -2.22. The van der Waals surface area contributed by atoms with Gasteiger partial charge in [0, 0.05) is 19.5 Å². The van der Waals surface area contributed by atoms with Crippen LogP contribution in [-0.4, -0.2) is 23.5 Å². The maximum Gasteiger partial charge on any atom is 0.223 e. The molecule has 0 heterocycles. The van der Waals surface area contributed by atoms with Crippen LogP contribution in [0.1, 0.15) is 62.1 Å². The van der Waals surface area contributed by atoms with Gasteiger partial charge in [-0.05, 0) is 73.9 Å². The second-order valence-corrected chi connectivity index (χ2v) is 7.80. The highest BCUT2D eigenvalue weighted by Crippen LogP contribution is 2.25. The number of carbonyl (C=O) groups is 1. The number of aryl methyl sites for hydroxylation is 1. The van der Waals surface area contributed by atoms with E-state index < -0.39 is 0 Å². The Kier molecular flexibility index (Phi) is 7.69. The smallest absolute Gasteiger partial charge is 0.223 e. The predicted octanol–water partition coefficient (Wildman–Crippen LogP) is 5.25. The van der Waals surface area contributed by atoms with Crippen LogP contribution in [0.5, 0.6) is 5.75 Å². The third-order valence-electron chi connectivity index (χ3n) is 5.43. The minimum atomic E-state index is 0.165. The van der Waals surface area contributed by atoms with Crippen LogP contribution >= 0.6 is 0 Å². The van der Waals surface area contributed by atoms with Crippen LogP contribution in [0.3, 0.4) is 0 Å². The second kappa shape index (κ2) is 10.7. The molecule has 0 bridgehead atoms. The van der Waals surface area contributed by atoms with Crippen molar-refractivity contribution in [1.29, 1.82) is 5.26 Å². The van der Waals surface area contributed by atoms with E-state index in [2.05, 4.69) is 25.1 Å². The van der Waals surface area contributed by atoms with Crippen LogP contribution in [0.15, 0.2) is 48.5 Å². The van der Waals surface area contributed by atoms with E-state index in [1.807, 2.05) is 29.2 Å². The van der Waals surface area contributed by atoms with Crippen LogP contribution in [0.25, 0.3) is 0 Å². The average Bonchev–Trinajstić information content (AvgIpc) is 3.25. The molecule has 1 aliphatic rings. The van der Waals surface area contributed by atoms with Gasteiger partial charge in [0.25, 0.3) is 0 Å². The fraction of sp³-hybridized carbons (Fsp3) is 0.440. The van der Waals surface area contributed by atoms with Crippen molar-refractivity contribution in [2.24, 2.45) is 0 Å². The van der Waals surface area contributed by atoms with E-state index in [1.54, 1.807) is 12.1 Å². The molecule has 29 heavy (non-hydrogen) atoms. The Balaban J connectivity index is 1.56. The van der Waals surface area contributed by atoms with Gasteiger partial charge >= 0.3 is 0 Å². The standard InChI is InChI=1S/C25H30N2O2/c1-2-16-27(19-22-12-10-21(18-26)11-13-22)25(28)15-14-20-6-5-9-24(17-20)29-23-7-3-4-8-23/h5-6,9-13,17,23H,2-4,7-8,14-16,19H2,1H3. The molecule has 1 aliphatic carbocycles. The first-order valence-electron chi connectivity index (χ1n) is 10.7. The lowest BCUT2D eigenvalue weighted by Crippen LogP contribution is -2.31. The fourth-order valence-electron chi connectivity index (χ4n) is 3.85. The van der Waals surface area contributed by atoms with Gasteiger partial charge in [-0.1, -0.05) is 31.2 Å². The number of amides is 1. The number of nitrogens with zero attached hydrogens (tertiary/aromatic N) is 2. The molecular weight excluding hydrogens is 360 g/mol. The van der Waals surface area contributed by atoms with Gasteiger partial charge in [0.15, 0.2) is 0 Å². The molecular formula is C25H30N2O2. The number of rotatable bonds is 9. The summed E-state index contributed by atoms with van der Waals surface area (Å²) >= 11 is 0. The van der Waals surface area contributed by atoms with E-state index in [0.29, 0.717) is 31.1 Å². The molecule has 4 nitrogen and oxygen atoms in total. The van der Waals surface area contributed by atoms with Gasteiger partial charge in [-0.15, -0.1) is 0 Å². The first-order chi connectivity index (χ1) is 14.2. The van der Waals surface area contributed by atoms with E-state index in [0.717, 1.165) is 42.7 Å². The molecule has 1 fully saturated rings. The van der Waals surface area contributed by atoms with Crippen LogP contribution in [0.4, 0.5) is 0 Å². The van der Waals surface area contributed by atoms with Crippen molar-refractivity contribution in [3.8, 4) is 11.8 Å². The molecule has 4 heteroatoms. The zero-order valence-corrected chi connectivity index (χ0v) is 17.3. The van der Waals surface area contributed by atoms with Crippen molar-refractivity contribution in [2.45, 2.75) is 64.5 Å². The Morgan fingerprint density at radius 1 is 1.14 bits per heavy atom. The minimum absolute atomic E-state index is 0.165. The molecule has 0 unspecified atom stereocenters. The summed E-state index contributed by atoms with van der Waals surface area (Å²) in [7, 11) is 0. The van der Waals surface area contributed by atoms with Crippen LogP contribution in [-0.2, 0) is 17.8 Å². The summed E-state index contributed by atoms with van der Waals surface area (Å²) in [6.45, 7) is 3.41. The van der Waals surface area contributed by atoms with Crippen molar-refractivity contribution in [3.63, 3.8) is 0 Å². The maximum absolute atomic E-state index is 12.8. The van der Waals surface area contributed by atoms with Gasteiger partial charge in [0.1, 0.15) is 5.75 Å². The summed E-state index contributed by atoms with van der Waals surface area (Å²) in [6, 6.07) is 17.8. The molecule has 1 amide bonds. The molecule has 0 atom stereocenters. The number of nitriles is 1. The molecule has 3 rings (SSSR count). The summed E-state index contributed by atoms with van der Waals surface area (Å²) in [5.41, 5.74) is 2.84. The van der Waals surface area contributed by atoms with E-state index in [1.165, 1.54) is 12.8 Å². The number of hydrogen-bond donors (Lipinski definition) is 0. The summed E-state index contributed by atoms with van der Waals surface area (Å²) in [6.07, 6.45) is 7.27. The zero-order valence-electron chi connectivity index (χ0n) is 17.3. The van der Waals surface area contributed by atoms with Crippen LogP contribution in [0, 0.1) is 11.3 Å². The second-order valence-electron chi connectivity index (χ2n) is 7.80. The normalized spacial score (nSPS) is 13.8. The van der Waals surface area contributed by atoms with Crippen molar-refractivity contribution >= 4 is 5.91 Å². The van der Waals surface area contributed by atoms with E-state index >= 15 is 0 Å². The molecule has 0 aromatic heterocycles. The third kappa shape index (κ3) is 6.35. The van der Waals surface area contributed by atoms with Gasteiger partial charge in [-0.25, -0.2) is 0 Å². The van der Waals surface area contributed by atoms with Gasteiger partial charge in [0.05, 0.1) is 17.7 Å². The van der Waals surface area contributed by atoms with Crippen molar-refractivity contribution in [3.05, 3.63) is 65.2 Å². The molecule has 1 saturated carbocycles. The number of benzene rings is 2. The molecule has 0 N–H and O–H groups in total. The Bertz CT molecular complexity index is 833. The first-order valence-corrected chi connectivity index (χ1v) is 10.7. The highest BCUT2D eigenvalue weighted by molar-refractivity contribution is 5.76. The molecule has 152 valence electrons. The lowest BCUT2D eigenvalue weighted by molar-refractivity contribution is -0.131. The molecule has 0 radical (unpaired) electrons. The Labute approximate surface area is 174 Å². The number of carbonyl (C=O) groups excluding carboxylic acids is 1. The molecule has 2 aromatic carbocycles. The third-order valence-corrected chi connectivity index (χ3v) is 5.43. The number of hydrogen-bond acceptors (Lipinski definition) is 3. The largest absolute Gasteiger partial charge is 0.490 e. The molecule has 0 spiro atoms. The lowest BCUT2D eigenvalue weighted by atomic mass is 10.1. The quantitative estimate of drug-likeness (QED) is 0.587. The highest BCUT2D eigenvalue weighted by Gasteiger charge is 2.17. The van der Waals surface area contributed by atoms with Crippen molar-refractivity contribution < 1.29 is 9.53 Å². The first kappa shape index (κ1) is 20.9. The topological polar surface area (TPSA) is 53.3 Å². The fourth-order valence-corrected chi connectivity index (χ4v) is 3.85. The minimum Gasteiger partial charge on any atom is -0.490 e. The highest BCUT2D eigenvalue weighted by atomic mass is 16.5. The van der Waals surface area contributed by atoms with E-state index in [4.69, 9.17) is 10.00 Å². The summed E-state index contributed by atoms with van der Waals surface area (Å²) in [5, 5.41) is 8.94. The Morgan fingerprint density at radius 2 is 1.90 bits per heavy atom. The Morgan fingerprint density at radius 3 is 2.59 bits per heavy atom. The SMILES string of the molecule is CCCN(Cc1ccc(C#N)cc1)C(=O)CCc1cccc(OC2CCCC2)c1. The molecule has 0 saturated heterocycles. The summed E-state index contributed by atoms with van der Waals surface area (Å²) < 4.78 is 6.09. The average molecular weight is 391 g/mol. The van der Waals surface area contributed by atoms with Crippen molar-refractivity contribution in [2.75, 3.05) is 6.54 Å². The van der Waals surface area contributed by atoms with Gasteiger partial charge < -0.3 is 9.64 Å². The van der Waals surface area contributed by atoms with Gasteiger partial charge in [0.2, 0.25) is 5.91 Å². The van der Waals surface area contributed by atoms with Crippen molar-refractivity contribution in [1.82, 2.24) is 4.90 Å². The van der Waals surface area contributed by atoms with Crippen LogP contribution in [0.2, 0.25) is 0 Å². The van der Waals surface area contributed by atoms with E-state index in [-0.39, 0.29) is 5.91 Å². The van der Waals surface area contributed by atoms with E-state index in [9.17, 15) is 4.79 Å². The summed E-state index contributed by atoms with van der Waals surface area (Å²) in [5.74, 6) is 1.09.